The third kappa shape index (κ3) is 3.95. The number of allylic oxidation sites excluding steroid dienone is 7. The van der Waals surface area contributed by atoms with Crippen molar-refractivity contribution in [2.24, 2.45) is 0 Å². The predicted molar refractivity (Wildman–Crippen MR) is 97.2 cm³/mol. The summed E-state index contributed by atoms with van der Waals surface area (Å²) in [7, 11) is 0. The van der Waals surface area contributed by atoms with E-state index in [2.05, 4.69) is 90.7 Å². The van der Waals surface area contributed by atoms with Crippen LogP contribution in [0.15, 0.2) is 67.3 Å². The van der Waals surface area contributed by atoms with Crippen LogP contribution in [0.1, 0.15) is 42.7 Å². The molecule has 1 aliphatic carbocycles. The molecule has 0 amide bonds. The first-order valence-electron chi connectivity index (χ1n) is 7.17. The Morgan fingerprint density at radius 2 is 2.20 bits per heavy atom. The Bertz CT molecular complexity index is 549. The molecule has 0 nitrogen and oxygen atoms in total. The fraction of sp³-hybridized carbons (Fsp3) is 0.263. The Kier molecular flexibility index (Phi) is 5.84. The lowest BCUT2D eigenvalue weighted by Gasteiger charge is -2.18. The van der Waals surface area contributed by atoms with Gasteiger partial charge in [0.25, 0.3) is 0 Å². The van der Waals surface area contributed by atoms with Crippen molar-refractivity contribution in [3.8, 4) is 0 Å². The van der Waals surface area contributed by atoms with Gasteiger partial charge >= 0.3 is 0 Å². The molecule has 2 unspecified atom stereocenters. The van der Waals surface area contributed by atoms with Crippen LogP contribution in [0.4, 0.5) is 0 Å². The van der Waals surface area contributed by atoms with Gasteiger partial charge in [0.15, 0.2) is 0 Å². The standard InChI is InChI=1S/C19H21I/c1-3-5-9-15(4-2)17-12-18(14-19(20)13-17)16-10-7-6-8-11-16/h3,5-10,12-16H,1,4,11H2,2H3/b9-5-. The highest BCUT2D eigenvalue weighted by molar-refractivity contribution is 14.1. The maximum atomic E-state index is 3.76. The molecule has 0 fully saturated rings. The molecule has 2 atom stereocenters. The van der Waals surface area contributed by atoms with E-state index in [0.717, 1.165) is 12.8 Å². The summed E-state index contributed by atoms with van der Waals surface area (Å²) in [5.41, 5.74) is 2.84. The summed E-state index contributed by atoms with van der Waals surface area (Å²) in [6, 6.07) is 6.98. The van der Waals surface area contributed by atoms with E-state index in [-0.39, 0.29) is 0 Å². The highest BCUT2D eigenvalue weighted by Gasteiger charge is 2.13. The fourth-order valence-electron chi connectivity index (χ4n) is 2.59. The SMILES string of the molecule is C=C/C=C\C(CC)c1cc(I)cc(C2C=CC=CC2)c1. The third-order valence-corrected chi connectivity index (χ3v) is 4.32. The Morgan fingerprint density at radius 1 is 1.35 bits per heavy atom. The van der Waals surface area contributed by atoms with Crippen LogP contribution in [-0.2, 0) is 0 Å². The van der Waals surface area contributed by atoms with Crippen molar-refractivity contribution in [1.29, 1.82) is 0 Å². The molecule has 104 valence electrons. The predicted octanol–water partition coefficient (Wildman–Crippen LogP) is 6.13. The Labute approximate surface area is 136 Å². The fourth-order valence-corrected chi connectivity index (χ4v) is 3.31. The number of halogens is 1. The second-order valence-corrected chi connectivity index (χ2v) is 6.35. The van der Waals surface area contributed by atoms with E-state index in [1.165, 1.54) is 14.7 Å². The van der Waals surface area contributed by atoms with Gasteiger partial charge in [-0.05, 0) is 58.7 Å². The van der Waals surface area contributed by atoms with Gasteiger partial charge in [-0.15, -0.1) is 0 Å². The van der Waals surface area contributed by atoms with Crippen LogP contribution in [0.25, 0.3) is 0 Å². The van der Waals surface area contributed by atoms with Gasteiger partial charge in [-0.25, -0.2) is 0 Å². The zero-order valence-electron chi connectivity index (χ0n) is 11.9. The normalized spacial score (nSPS) is 19.4. The van der Waals surface area contributed by atoms with E-state index in [9.17, 15) is 0 Å². The molecular weight excluding hydrogens is 355 g/mol. The van der Waals surface area contributed by atoms with E-state index in [1.807, 2.05) is 6.08 Å². The quantitative estimate of drug-likeness (QED) is 0.429. The molecule has 1 aliphatic rings. The number of hydrogen-bond acceptors (Lipinski definition) is 0. The Hall–Kier alpha value is -1.09. The lowest BCUT2D eigenvalue weighted by atomic mass is 9.88. The molecule has 0 bridgehead atoms. The van der Waals surface area contributed by atoms with Gasteiger partial charge in [-0.3, -0.25) is 0 Å². The maximum Gasteiger partial charge on any atom is 0.0136 e. The molecule has 1 aromatic carbocycles. The lowest BCUT2D eigenvalue weighted by molar-refractivity contribution is 0.793. The van der Waals surface area contributed by atoms with Crippen molar-refractivity contribution < 1.29 is 0 Å². The Morgan fingerprint density at radius 3 is 2.85 bits per heavy atom. The summed E-state index contributed by atoms with van der Waals surface area (Å²) in [5, 5.41) is 0. The third-order valence-electron chi connectivity index (χ3n) is 3.70. The van der Waals surface area contributed by atoms with E-state index in [1.54, 1.807) is 0 Å². The molecule has 0 radical (unpaired) electrons. The minimum absolute atomic E-state index is 0.476. The second kappa shape index (κ2) is 7.63. The van der Waals surface area contributed by atoms with Gasteiger partial charge < -0.3 is 0 Å². The van der Waals surface area contributed by atoms with Crippen LogP contribution in [0.5, 0.6) is 0 Å². The molecule has 0 saturated heterocycles. The maximum absolute atomic E-state index is 3.76. The number of hydrogen-bond donors (Lipinski definition) is 0. The molecule has 20 heavy (non-hydrogen) atoms. The first-order chi connectivity index (χ1) is 9.74. The molecule has 0 spiro atoms. The summed E-state index contributed by atoms with van der Waals surface area (Å²) in [6.45, 7) is 6.00. The molecule has 2 rings (SSSR count). The van der Waals surface area contributed by atoms with Crippen molar-refractivity contribution in [2.45, 2.75) is 31.6 Å². The van der Waals surface area contributed by atoms with E-state index in [4.69, 9.17) is 0 Å². The molecule has 0 heterocycles. The molecule has 0 saturated carbocycles. The topological polar surface area (TPSA) is 0 Å². The molecule has 0 aromatic heterocycles. The number of rotatable bonds is 5. The van der Waals surface area contributed by atoms with Gasteiger partial charge in [-0.1, -0.05) is 62.1 Å². The average molecular weight is 376 g/mol. The van der Waals surface area contributed by atoms with E-state index < -0.39 is 0 Å². The smallest absolute Gasteiger partial charge is 0.0136 e. The molecule has 0 N–H and O–H groups in total. The van der Waals surface area contributed by atoms with Crippen LogP contribution >= 0.6 is 22.6 Å². The second-order valence-electron chi connectivity index (χ2n) is 5.11. The zero-order valence-corrected chi connectivity index (χ0v) is 14.1. The van der Waals surface area contributed by atoms with Crippen LogP contribution in [-0.4, -0.2) is 0 Å². The summed E-state index contributed by atoms with van der Waals surface area (Å²) in [4.78, 5) is 0. The van der Waals surface area contributed by atoms with Crippen LogP contribution in [0.2, 0.25) is 0 Å². The van der Waals surface area contributed by atoms with Gasteiger partial charge in [-0.2, -0.15) is 0 Å². The largest absolute Gasteiger partial charge is 0.0991 e. The first kappa shape index (κ1) is 15.3. The van der Waals surface area contributed by atoms with Crippen molar-refractivity contribution in [3.05, 3.63) is 82.0 Å². The number of benzene rings is 1. The lowest BCUT2D eigenvalue weighted by Crippen LogP contribution is -2.01. The molecule has 1 heteroatoms. The van der Waals surface area contributed by atoms with Gasteiger partial charge in [0.2, 0.25) is 0 Å². The van der Waals surface area contributed by atoms with Gasteiger partial charge in [0, 0.05) is 15.4 Å². The minimum atomic E-state index is 0.476. The minimum Gasteiger partial charge on any atom is -0.0991 e. The van der Waals surface area contributed by atoms with E-state index in [0.29, 0.717) is 11.8 Å². The summed E-state index contributed by atoms with van der Waals surface area (Å²) in [5.74, 6) is 0.999. The van der Waals surface area contributed by atoms with Crippen molar-refractivity contribution in [3.63, 3.8) is 0 Å². The highest BCUT2D eigenvalue weighted by Crippen LogP contribution is 2.30. The Balaban J connectivity index is 2.32. The highest BCUT2D eigenvalue weighted by atomic mass is 127. The summed E-state index contributed by atoms with van der Waals surface area (Å²) >= 11 is 2.43. The van der Waals surface area contributed by atoms with Gasteiger partial charge in [0.05, 0.1) is 0 Å². The van der Waals surface area contributed by atoms with Crippen molar-refractivity contribution in [1.82, 2.24) is 0 Å². The van der Waals surface area contributed by atoms with Gasteiger partial charge in [0.1, 0.15) is 0 Å². The monoisotopic (exact) mass is 376 g/mol. The van der Waals surface area contributed by atoms with Crippen LogP contribution in [0.3, 0.4) is 0 Å². The first-order valence-corrected chi connectivity index (χ1v) is 8.25. The molecule has 1 aromatic rings. The summed E-state index contributed by atoms with van der Waals surface area (Å²) < 4.78 is 1.32. The summed E-state index contributed by atoms with van der Waals surface area (Å²) in [6.07, 6.45) is 17.2. The van der Waals surface area contributed by atoms with Crippen molar-refractivity contribution in [2.75, 3.05) is 0 Å². The van der Waals surface area contributed by atoms with E-state index >= 15 is 0 Å². The average Bonchev–Trinajstić information content (AvgIpc) is 2.48. The van der Waals surface area contributed by atoms with Crippen molar-refractivity contribution >= 4 is 22.6 Å². The zero-order chi connectivity index (χ0) is 14.4. The molecular formula is C19H21I. The van der Waals surface area contributed by atoms with Crippen LogP contribution < -0.4 is 0 Å². The molecule has 0 aliphatic heterocycles. The van der Waals surface area contributed by atoms with Crippen LogP contribution in [0, 0.1) is 3.57 Å².